The number of nitro benzene ring substituents is 1. The van der Waals surface area contributed by atoms with Crippen LogP contribution in [0.1, 0.15) is 5.56 Å². The van der Waals surface area contributed by atoms with Gasteiger partial charge in [-0.1, -0.05) is 12.2 Å². The highest BCUT2D eigenvalue weighted by molar-refractivity contribution is 7.92. The lowest BCUT2D eigenvalue weighted by Gasteiger charge is -2.16. The Bertz CT molecular complexity index is 1140. The van der Waals surface area contributed by atoms with Crippen LogP contribution in [-0.4, -0.2) is 28.9 Å². The summed E-state index contributed by atoms with van der Waals surface area (Å²) in [5, 5.41) is 18.8. The van der Waals surface area contributed by atoms with E-state index < -0.39 is 20.8 Å². The molecular formula is C17H13N3O6S. The van der Waals surface area contributed by atoms with E-state index in [1.165, 1.54) is 48.6 Å². The maximum Gasteiger partial charge on any atom is 0.269 e. The minimum atomic E-state index is -4.13. The van der Waals surface area contributed by atoms with Crippen LogP contribution in [0.25, 0.3) is 0 Å². The Morgan fingerprint density at radius 3 is 2.48 bits per heavy atom. The molecule has 0 saturated carbocycles. The van der Waals surface area contributed by atoms with Gasteiger partial charge < -0.3 is 0 Å². The molecular weight excluding hydrogens is 374 g/mol. The SMILES string of the molecule is Cc1cc([N+](=O)[O-])ccc1N=NC1=C2C=CC(=S(=O)(O)O)C=C2C=CC1=O. The van der Waals surface area contributed by atoms with E-state index in [4.69, 9.17) is 0 Å². The Hall–Kier alpha value is -3.21. The van der Waals surface area contributed by atoms with Crippen molar-refractivity contribution >= 4 is 32.1 Å². The molecule has 0 aromatic heterocycles. The number of aryl methyl sites for hydroxylation is 1. The molecule has 0 spiro atoms. The average Bonchev–Trinajstić information content (AvgIpc) is 2.60. The van der Waals surface area contributed by atoms with Crippen LogP contribution in [0.4, 0.5) is 11.4 Å². The molecule has 0 bridgehead atoms. The van der Waals surface area contributed by atoms with Gasteiger partial charge in [0, 0.05) is 17.7 Å². The Morgan fingerprint density at radius 1 is 1.11 bits per heavy atom. The van der Waals surface area contributed by atoms with Crippen molar-refractivity contribution < 1.29 is 23.0 Å². The van der Waals surface area contributed by atoms with Gasteiger partial charge in [0.1, 0.15) is 5.70 Å². The Kier molecular flexibility index (Phi) is 4.70. The second kappa shape index (κ2) is 6.83. The number of hydrogen-bond acceptors (Lipinski definition) is 6. The van der Waals surface area contributed by atoms with Gasteiger partial charge in [0.15, 0.2) is 0 Å². The Balaban J connectivity index is 2.02. The summed E-state index contributed by atoms with van der Waals surface area (Å²) in [5.74, 6) is -0.410. The van der Waals surface area contributed by atoms with E-state index in [1.54, 1.807) is 6.92 Å². The zero-order valence-electron chi connectivity index (χ0n) is 13.9. The van der Waals surface area contributed by atoms with E-state index >= 15 is 0 Å². The lowest BCUT2D eigenvalue weighted by Crippen LogP contribution is -2.14. The predicted octanol–water partition coefficient (Wildman–Crippen LogP) is 3.28. The van der Waals surface area contributed by atoms with Crippen LogP contribution in [0.3, 0.4) is 0 Å². The minimum absolute atomic E-state index is 0.0131. The van der Waals surface area contributed by atoms with E-state index in [-0.39, 0.29) is 16.2 Å². The van der Waals surface area contributed by atoms with Gasteiger partial charge in [-0.3, -0.25) is 24.0 Å². The molecule has 0 unspecified atom stereocenters. The molecule has 0 saturated heterocycles. The number of carbonyl (C=O) groups is 1. The number of rotatable bonds is 3. The third kappa shape index (κ3) is 3.82. The molecule has 3 rings (SSSR count). The lowest BCUT2D eigenvalue weighted by molar-refractivity contribution is -0.384. The monoisotopic (exact) mass is 387 g/mol. The number of nitro groups is 1. The van der Waals surface area contributed by atoms with Crippen molar-refractivity contribution in [2.24, 2.45) is 10.2 Å². The third-order valence-electron chi connectivity index (χ3n) is 3.88. The maximum absolute atomic E-state index is 12.2. The molecule has 1 aromatic carbocycles. The first-order valence-electron chi connectivity index (χ1n) is 7.56. The zero-order valence-corrected chi connectivity index (χ0v) is 14.7. The van der Waals surface area contributed by atoms with Gasteiger partial charge in [-0.25, -0.2) is 4.21 Å². The van der Waals surface area contributed by atoms with Crippen molar-refractivity contribution in [3.05, 3.63) is 81.1 Å². The molecule has 0 amide bonds. The van der Waals surface area contributed by atoms with Crippen LogP contribution in [0.15, 0.2) is 75.7 Å². The molecule has 2 aliphatic rings. The normalized spacial score (nSPS) is 16.8. The first-order valence-corrected chi connectivity index (χ1v) is 9.03. The van der Waals surface area contributed by atoms with Gasteiger partial charge in [-0.05, 0) is 42.4 Å². The number of carbonyl (C=O) groups excluding carboxylic acids is 1. The van der Waals surface area contributed by atoms with E-state index in [9.17, 15) is 28.2 Å². The molecule has 2 N–H and O–H groups in total. The molecule has 0 fully saturated rings. The van der Waals surface area contributed by atoms with Crippen LogP contribution in [0.2, 0.25) is 0 Å². The average molecular weight is 387 g/mol. The molecule has 9 nitrogen and oxygen atoms in total. The highest BCUT2D eigenvalue weighted by atomic mass is 32.2. The molecule has 27 heavy (non-hydrogen) atoms. The van der Waals surface area contributed by atoms with Crippen molar-refractivity contribution in [2.45, 2.75) is 6.92 Å². The van der Waals surface area contributed by atoms with Crippen molar-refractivity contribution in [3.8, 4) is 0 Å². The number of nitrogens with zero attached hydrogens (tertiary/aromatic N) is 3. The van der Waals surface area contributed by atoms with E-state index in [1.807, 2.05) is 0 Å². The summed E-state index contributed by atoms with van der Waals surface area (Å²) in [6.07, 6.45) is 6.59. The van der Waals surface area contributed by atoms with Crippen molar-refractivity contribution in [2.75, 3.05) is 0 Å². The fourth-order valence-electron chi connectivity index (χ4n) is 2.51. The van der Waals surface area contributed by atoms with Gasteiger partial charge in [0.25, 0.3) is 5.69 Å². The van der Waals surface area contributed by atoms with Crippen LogP contribution < -0.4 is 0 Å². The van der Waals surface area contributed by atoms with Crippen LogP contribution in [-0.2, 0) is 14.9 Å². The summed E-state index contributed by atoms with van der Waals surface area (Å²) in [4.78, 5) is 22.2. The van der Waals surface area contributed by atoms with Crippen LogP contribution in [0, 0.1) is 17.0 Å². The number of benzene rings is 1. The fraction of sp³-hybridized carbons (Fsp3) is 0.0588. The number of azo groups is 1. The number of hydrogen-bond donors (Lipinski definition) is 2. The lowest BCUT2D eigenvalue weighted by atomic mass is 9.92. The Morgan fingerprint density at radius 2 is 1.85 bits per heavy atom. The van der Waals surface area contributed by atoms with Gasteiger partial charge in [-0.2, -0.15) is 5.11 Å². The zero-order chi connectivity index (χ0) is 19.8. The summed E-state index contributed by atoms with van der Waals surface area (Å²) < 4.78 is 29.9. The molecule has 10 heteroatoms. The number of fused-ring (bicyclic) bond motifs is 1. The number of ketones is 1. The molecule has 1 aromatic rings. The molecule has 2 aliphatic carbocycles. The second-order valence-corrected chi connectivity index (χ2v) is 7.18. The van der Waals surface area contributed by atoms with Gasteiger partial charge in [0.05, 0.1) is 15.5 Å². The quantitative estimate of drug-likeness (QED) is 0.353. The highest BCUT2D eigenvalue weighted by Gasteiger charge is 2.22. The summed E-state index contributed by atoms with van der Waals surface area (Å²) >= 11 is 0. The molecule has 138 valence electrons. The standard InChI is InChI=1S/C17H13N3O6S/c1-10-8-12(20(22)23)3-6-15(10)18-19-17-14-5-4-13(27(24,25)26)9-11(14)2-7-16(17)21/h2-9H,1H3,(H2,24,25,26). The summed E-state index contributed by atoms with van der Waals surface area (Å²) in [6, 6.07) is 4.06. The Labute approximate surface area is 153 Å². The van der Waals surface area contributed by atoms with E-state index in [0.29, 0.717) is 22.4 Å². The van der Waals surface area contributed by atoms with Crippen molar-refractivity contribution in [1.82, 2.24) is 0 Å². The summed E-state index contributed by atoms with van der Waals surface area (Å²) in [7, 11) is -4.13. The van der Waals surface area contributed by atoms with Crippen molar-refractivity contribution in [3.63, 3.8) is 0 Å². The predicted molar refractivity (Wildman–Crippen MR) is 99.2 cm³/mol. The maximum atomic E-state index is 12.2. The third-order valence-corrected chi connectivity index (χ3v) is 4.75. The van der Waals surface area contributed by atoms with Crippen LogP contribution >= 0.6 is 0 Å². The second-order valence-electron chi connectivity index (χ2n) is 5.72. The highest BCUT2D eigenvalue weighted by Crippen LogP contribution is 2.30. The minimum Gasteiger partial charge on any atom is -0.293 e. The van der Waals surface area contributed by atoms with E-state index in [2.05, 4.69) is 10.2 Å². The molecule has 0 radical (unpaired) electrons. The fourth-order valence-corrected chi connectivity index (χ4v) is 3.04. The number of allylic oxidation sites excluding steroid dienone is 7. The van der Waals surface area contributed by atoms with E-state index in [0.717, 1.165) is 0 Å². The summed E-state index contributed by atoms with van der Waals surface area (Å²) in [5.41, 5.74) is 1.63. The molecule has 0 aliphatic heterocycles. The van der Waals surface area contributed by atoms with Gasteiger partial charge in [-0.15, -0.1) is 5.11 Å². The smallest absolute Gasteiger partial charge is 0.269 e. The van der Waals surface area contributed by atoms with Crippen LogP contribution in [0.5, 0.6) is 0 Å². The first-order chi connectivity index (χ1) is 12.7. The van der Waals surface area contributed by atoms with Gasteiger partial charge in [0.2, 0.25) is 15.9 Å². The largest absolute Gasteiger partial charge is 0.293 e. The first kappa shape index (κ1) is 18.6. The number of non-ortho nitro benzene ring substituents is 1. The molecule has 0 atom stereocenters. The van der Waals surface area contributed by atoms with Gasteiger partial charge >= 0.3 is 0 Å². The molecule has 0 heterocycles. The van der Waals surface area contributed by atoms with Crippen molar-refractivity contribution in [1.29, 1.82) is 0 Å². The summed E-state index contributed by atoms with van der Waals surface area (Å²) in [6.45, 7) is 1.63. The topological polar surface area (TPSA) is 142 Å².